The number of carbonyl (C=O) groups is 2. The zero-order valence-corrected chi connectivity index (χ0v) is 26.1. The summed E-state index contributed by atoms with van der Waals surface area (Å²) in [6.07, 6.45) is 14.8. The van der Waals surface area contributed by atoms with E-state index >= 15 is 0 Å². The summed E-state index contributed by atoms with van der Waals surface area (Å²) in [5.41, 5.74) is 3.81. The van der Waals surface area contributed by atoms with E-state index in [1.165, 1.54) is 43.2 Å². The van der Waals surface area contributed by atoms with Crippen molar-refractivity contribution < 1.29 is 33.3 Å². The molecule has 0 bridgehead atoms. The zero-order chi connectivity index (χ0) is 30.0. The molecule has 2 unspecified atom stereocenters. The fourth-order valence-corrected chi connectivity index (χ4v) is 7.87. The molecule has 0 aromatic carbocycles. The number of nitrogens with zero attached hydrogens (tertiary/aromatic N) is 1. The Balaban J connectivity index is 1.58. The van der Waals surface area contributed by atoms with Gasteiger partial charge in [-0.3, -0.25) is 4.79 Å². The molecule has 1 aromatic heterocycles. The number of fused-ring (bicyclic) bond motifs is 7. The van der Waals surface area contributed by atoms with Crippen molar-refractivity contribution in [3.63, 3.8) is 0 Å². The molecular weight excluding hydrogens is 534 g/mol. The molecule has 3 heterocycles. The number of allylic oxidation sites excluding steroid dienone is 2. The van der Waals surface area contributed by atoms with E-state index in [-0.39, 0.29) is 18.4 Å². The van der Waals surface area contributed by atoms with Gasteiger partial charge in [0.2, 0.25) is 5.60 Å². The topological polar surface area (TPSA) is 85.2 Å². The van der Waals surface area contributed by atoms with E-state index in [2.05, 4.69) is 16.7 Å². The maximum Gasteiger partial charge on any atom is 0.343 e. The second-order valence-corrected chi connectivity index (χ2v) is 13.9. The third-order valence-corrected chi connectivity index (χ3v) is 9.44. The van der Waals surface area contributed by atoms with Crippen LogP contribution >= 0.6 is 0 Å². The number of aromatic nitrogens is 1. The van der Waals surface area contributed by atoms with Crippen LogP contribution in [-0.2, 0) is 46.2 Å². The molecule has 3 aliphatic carbocycles. The summed E-state index contributed by atoms with van der Waals surface area (Å²) >= 11 is 0. The van der Waals surface area contributed by atoms with Gasteiger partial charge in [-0.2, -0.15) is 0 Å². The Morgan fingerprint density at radius 3 is 2.50 bits per heavy atom. The largest absolute Gasteiger partial charge is 0.497 e. The molecule has 42 heavy (non-hydrogen) atoms. The van der Waals surface area contributed by atoms with Crippen LogP contribution in [0.2, 0.25) is 0 Å². The molecule has 1 saturated carbocycles. The Kier molecular flexibility index (Phi) is 7.25. The maximum atomic E-state index is 13.9. The standard InChI is InChI=1S/C34H45NO7/c1-32(2,3)41-30(36)21-13-15-24-26(17-21)35-19-34(31(37)39-7)29(40-33(4,5)42-34)25-18-22(38-6)14-16-23(25)28(35)27(24)20-11-9-8-10-12-20/h13-15,18,20-21,23,29H,8-12,16-17,19H2,1-7H3/t21?,23?,29-,34+/m0/s1. The lowest BCUT2D eigenvalue weighted by molar-refractivity contribution is -0.190. The van der Waals surface area contributed by atoms with Crippen LogP contribution in [0.4, 0.5) is 0 Å². The van der Waals surface area contributed by atoms with Gasteiger partial charge in [0, 0.05) is 23.7 Å². The van der Waals surface area contributed by atoms with Gasteiger partial charge in [0.25, 0.3) is 0 Å². The minimum atomic E-state index is -1.40. The van der Waals surface area contributed by atoms with Crippen molar-refractivity contribution in [3.8, 4) is 0 Å². The molecule has 0 spiro atoms. The van der Waals surface area contributed by atoms with Crippen molar-refractivity contribution in [2.24, 2.45) is 5.92 Å². The van der Waals surface area contributed by atoms with Crippen molar-refractivity contribution in [1.82, 2.24) is 4.57 Å². The summed E-state index contributed by atoms with van der Waals surface area (Å²) in [5.74, 6) is -0.991. The molecule has 0 N–H and O–H groups in total. The van der Waals surface area contributed by atoms with Crippen LogP contribution in [0.15, 0.2) is 29.6 Å². The van der Waals surface area contributed by atoms with Gasteiger partial charge in [-0.25, -0.2) is 4.79 Å². The van der Waals surface area contributed by atoms with Crippen LogP contribution in [0, 0.1) is 5.92 Å². The van der Waals surface area contributed by atoms with Crippen LogP contribution in [-0.4, -0.2) is 53.8 Å². The lowest BCUT2D eigenvalue weighted by atomic mass is 9.75. The molecule has 1 aromatic rings. The molecule has 2 aliphatic heterocycles. The minimum Gasteiger partial charge on any atom is -0.497 e. The number of esters is 2. The fraction of sp³-hybridized carbons (Fsp3) is 0.647. The fourth-order valence-electron chi connectivity index (χ4n) is 7.87. The molecule has 2 fully saturated rings. The molecule has 0 radical (unpaired) electrons. The lowest BCUT2D eigenvalue weighted by Gasteiger charge is -2.32. The van der Waals surface area contributed by atoms with Crippen molar-refractivity contribution in [1.29, 1.82) is 0 Å². The lowest BCUT2D eigenvalue weighted by Crippen LogP contribution is -2.52. The van der Waals surface area contributed by atoms with Gasteiger partial charge >= 0.3 is 11.9 Å². The maximum absolute atomic E-state index is 13.9. The van der Waals surface area contributed by atoms with E-state index in [1.54, 1.807) is 7.11 Å². The Morgan fingerprint density at radius 2 is 1.83 bits per heavy atom. The van der Waals surface area contributed by atoms with Gasteiger partial charge in [-0.1, -0.05) is 31.4 Å². The highest BCUT2D eigenvalue weighted by atomic mass is 16.8. The highest BCUT2D eigenvalue weighted by Crippen LogP contribution is 2.54. The van der Waals surface area contributed by atoms with Crippen LogP contribution < -0.4 is 0 Å². The Hall–Kier alpha value is -2.84. The van der Waals surface area contributed by atoms with Crippen molar-refractivity contribution in [2.45, 2.75) is 121 Å². The van der Waals surface area contributed by atoms with Crippen molar-refractivity contribution in [2.75, 3.05) is 14.2 Å². The first-order valence-electron chi connectivity index (χ1n) is 15.5. The van der Waals surface area contributed by atoms with Gasteiger partial charge in [-0.05, 0) is 88.7 Å². The Morgan fingerprint density at radius 1 is 1.10 bits per heavy atom. The van der Waals surface area contributed by atoms with Crippen LogP contribution in [0.5, 0.6) is 0 Å². The van der Waals surface area contributed by atoms with E-state index < -0.39 is 35.0 Å². The molecule has 5 aliphatic rings. The first-order valence-corrected chi connectivity index (χ1v) is 15.5. The van der Waals surface area contributed by atoms with E-state index in [4.69, 9.17) is 23.7 Å². The van der Waals surface area contributed by atoms with Gasteiger partial charge in [0.1, 0.15) is 17.5 Å². The smallest absolute Gasteiger partial charge is 0.343 e. The summed E-state index contributed by atoms with van der Waals surface area (Å²) in [6.45, 7) is 9.61. The van der Waals surface area contributed by atoms with E-state index in [0.29, 0.717) is 18.8 Å². The molecular formula is C34H45NO7. The minimum absolute atomic E-state index is 0.0335. The number of methoxy groups -OCH3 is 2. The molecule has 8 nitrogen and oxygen atoms in total. The predicted molar refractivity (Wildman–Crippen MR) is 158 cm³/mol. The number of hydrogen-bond donors (Lipinski definition) is 0. The van der Waals surface area contributed by atoms with Gasteiger partial charge in [0.15, 0.2) is 5.79 Å². The van der Waals surface area contributed by atoms with E-state index in [1.807, 2.05) is 46.8 Å². The molecule has 0 amide bonds. The normalized spacial score (nSPS) is 30.1. The Bertz CT molecular complexity index is 1370. The summed E-state index contributed by atoms with van der Waals surface area (Å²) < 4.78 is 32.5. The summed E-state index contributed by atoms with van der Waals surface area (Å²) in [4.78, 5) is 27.2. The average Bonchev–Trinajstić information content (AvgIpc) is 3.38. The molecule has 6 rings (SSSR count). The van der Waals surface area contributed by atoms with Crippen molar-refractivity contribution >= 4 is 18.0 Å². The molecule has 4 atom stereocenters. The predicted octanol–water partition coefficient (Wildman–Crippen LogP) is 6.08. The quantitative estimate of drug-likeness (QED) is 0.400. The zero-order valence-electron chi connectivity index (χ0n) is 26.1. The number of rotatable bonds is 4. The van der Waals surface area contributed by atoms with Gasteiger partial charge < -0.3 is 28.3 Å². The summed E-state index contributed by atoms with van der Waals surface area (Å²) in [7, 11) is 3.07. The first kappa shape index (κ1) is 29.2. The van der Waals surface area contributed by atoms with Gasteiger partial charge in [0.05, 0.1) is 26.7 Å². The average molecular weight is 580 g/mol. The monoisotopic (exact) mass is 579 g/mol. The number of carbonyl (C=O) groups excluding carboxylic acids is 2. The SMILES string of the molecule is COC(=O)[C@@]12Cn3c4c(c(C5CCCCC5)c3C3CC=C(OC)C=C3[C@@H]1OC(C)(C)O2)C=CC(C(=O)OC(C)(C)C)C4. The summed E-state index contributed by atoms with van der Waals surface area (Å²) in [5, 5.41) is 0. The second kappa shape index (κ2) is 10.4. The van der Waals surface area contributed by atoms with Crippen LogP contribution in [0.1, 0.15) is 107 Å². The number of ether oxygens (including phenoxy) is 5. The van der Waals surface area contributed by atoms with E-state index in [9.17, 15) is 9.59 Å². The number of hydrogen-bond acceptors (Lipinski definition) is 7. The third-order valence-electron chi connectivity index (χ3n) is 9.44. The second-order valence-electron chi connectivity index (χ2n) is 13.9. The van der Waals surface area contributed by atoms with Crippen LogP contribution in [0.3, 0.4) is 0 Å². The first-order chi connectivity index (χ1) is 19.9. The Labute approximate surface area is 249 Å². The molecule has 8 heteroatoms. The highest BCUT2D eigenvalue weighted by Gasteiger charge is 2.63. The summed E-state index contributed by atoms with van der Waals surface area (Å²) in [6, 6.07) is 0. The van der Waals surface area contributed by atoms with Crippen molar-refractivity contribution in [3.05, 3.63) is 52.1 Å². The molecule has 1 saturated heterocycles. The van der Waals surface area contributed by atoms with Crippen LogP contribution in [0.25, 0.3) is 6.08 Å². The highest BCUT2D eigenvalue weighted by molar-refractivity contribution is 5.83. The van der Waals surface area contributed by atoms with Gasteiger partial charge in [-0.15, -0.1) is 0 Å². The van der Waals surface area contributed by atoms with E-state index in [0.717, 1.165) is 29.9 Å². The molecule has 228 valence electrons. The third kappa shape index (κ3) is 4.84.